The van der Waals surface area contributed by atoms with E-state index in [4.69, 9.17) is 0 Å². The molecule has 2 aromatic rings. The first-order chi connectivity index (χ1) is 8.92. The van der Waals surface area contributed by atoms with Gasteiger partial charge in [0.1, 0.15) is 0 Å². The normalized spacial score (nSPS) is 10.5. The molecule has 0 aliphatic heterocycles. The van der Waals surface area contributed by atoms with E-state index in [1.165, 1.54) is 11.1 Å². The van der Waals surface area contributed by atoms with Gasteiger partial charge in [0.05, 0.1) is 0 Å². The second kappa shape index (κ2) is 6.77. The monoisotopic (exact) mass is 237 g/mol. The SMILES string of the molecule is C=CCNCC(c1ccccc1)c1ccccc1. The lowest BCUT2D eigenvalue weighted by Crippen LogP contribution is -2.22. The molecule has 1 heteroatoms. The van der Waals surface area contributed by atoms with Crippen molar-refractivity contribution in [1.29, 1.82) is 0 Å². The first kappa shape index (κ1) is 12.6. The van der Waals surface area contributed by atoms with Crippen LogP contribution in [0, 0.1) is 0 Å². The average Bonchev–Trinajstić information content (AvgIpc) is 2.46. The van der Waals surface area contributed by atoms with E-state index < -0.39 is 0 Å². The lowest BCUT2D eigenvalue weighted by Gasteiger charge is -2.18. The molecule has 0 fully saturated rings. The molecule has 0 spiro atoms. The lowest BCUT2D eigenvalue weighted by molar-refractivity contribution is 0.677. The van der Waals surface area contributed by atoms with Gasteiger partial charge in [-0.15, -0.1) is 6.58 Å². The molecule has 1 nitrogen and oxygen atoms in total. The number of rotatable bonds is 6. The number of benzene rings is 2. The highest BCUT2D eigenvalue weighted by Gasteiger charge is 2.12. The topological polar surface area (TPSA) is 12.0 Å². The van der Waals surface area contributed by atoms with Gasteiger partial charge in [0, 0.05) is 19.0 Å². The van der Waals surface area contributed by atoms with Crippen LogP contribution < -0.4 is 5.32 Å². The van der Waals surface area contributed by atoms with E-state index in [9.17, 15) is 0 Å². The Balaban J connectivity index is 2.21. The Hall–Kier alpha value is -1.86. The fourth-order valence-electron chi connectivity index (χ4n) is 2.13. The Morgan fingerprint density at radius 2 is 1.39 bits per heavy atom. The third-order valence-electron chi connectivity index (χ3n) is 3.04. The number of nitrogens with one attached hydrogen (secondary N) is 1. The minimum atomic E-state index is 0.396. The standard InChI is InChI=1S/C17H19N/c1-2-13-18-14-17(15-9-5-3-6-10-15)16-11-7-4-8-12-16/h2-12,17-18H,1,13-14H2. The zero-order chi connectivity index (χ0) is 12.6. The highest BCUT2D eigenvalue weighted by Crippen LogP contribution is 2.23. The van der Waals surface area contributed by atoms with Crippen LogP contribution in [-0.2, 0) is 0 Å². The summed E-state index contributed by atoms with van der Waals surface area (Å²) in [5.74, 6) is 0.396. The van der Waals surface area contributed by atoms with Crippen LogP contribution in [0.5, 0.6) is 0 Å². The molecule has 92 valence electrons. The summed E-state index contributed by atoms with van der Waals surface area (Å²) in [6, 6.07) is 21.3. The molecule has 0 heterocycles. The molecular formula is C17H19N. The second-order valence-corrected chi connectivity index (χ2v) is 4.32. The number of hydrogen-bond donors (Lipinski definition) is 1. The first-order valence-corrected chi connectivity index (χ1v) is 6.33. The summed E-state index contributed by atoms with van der Waals surface area (Å²) in [4.78, 5) is 0. The van der Waals surface area contributed by atoms with Gasteiger partial charge in [0.15, 0.2) is 0 Å². The highest BCUT2D eigenvalue weighted by molar-refractivity contribution is 5.32. The van der Waals surface area contributed by atoms with Gasteiger partial charge >= 0.3 is 0 Å². The van der Waals surface area contributed by atoms with Crippen LogP contribution in [0.4, 0.5) is 0 Å². The molecule has 0 bridgehead atoms. The second-order valence-electron chi connectivity index (χ2n) is 4.32. The Morgan fingerprint density at radius 3 is 1.83 bits per heavy atom. The maximum Gasteiger partial charge on any atom is 0.0214 e. The Kier molecular flexibility index (Phi) is 4.74. The van der Waals surface area contributed by atoms with Crippen molar-refractivity contribution in [2.75, 3.05) is 13.1 Å². The molecule has 0 atom stereocenters. The van der Waals surface area contributed by atoms with E-state index in [1.54, 1.807) is 0 Å². The highest BCUT2D eigenvalue weighted by atomic mass is 14.8. The molecule has 0 radical (unpaired) electrons. The lowest BCUT2D eigenvalue weighted by atomic mass is 9.91. The predicted molar refractivity (Wildman–Crippen MR) is 77.8 cm³/mol. The van der Waals surface area contributed by atoms with Crippen molar-refractivity contribution in [3.63, 3.8) is 0 Å². The van der Waals surface area contributed by atoms with Gasteiger partial charge in [-0.1, -0.05) is 66.7 Å². The molecule has 0 saturated carbocycles. The Morgan fingerprint density at radius 1 is 0.889 bits per heavy atom. The molecule has 1 N–H and O–H groups in total. The number of hydrogen-bond acceptors (Lipinski definition) is 1. The van der Waals surface area contributed by atoms with Crippen LogP contribution in [0.15, 0.2) is 73.3 Å². The maximum atomic E-state index is 3.74. The van der Waals surface area contributed by atoms with E-state index in [-0.39, 0.29) is 0 Å². The van der Waals surface area contributed by atoms with Crippen molar-refractivity contribution < 1.29 is 0 Å². The van der Waals surface area contributed by atoms with Crippen molar-refractivity contribution in [2.24, 2.45) is 0 Å². The molecule has 0 amide bonds. The van der Waals surface area contributed by atoms with Crippen molar-refractivity contribution in [1.82, 2.24) is 5.32 Å². The van der Waals surface area contributed by atoms with Crippen LogP contribution in [-0.4, -0.2) is 13.1 Å². The third-order valence-corrected chi connectivity index (χ3v) is 3.04. The first-order valence-electron chi connectivity index (χ1n) is 6.33. The van der Waals surface area contributed by atoms with E-state index >= 15 is 0 Å². The van der Waals surface area contributed by atoms with Crippen LogP contribution in [0.3, 0.4) is 0 Å². The molecule has 2 rings (SSSR count). The fourth-order valence-corrected chi connectivity index (χ4v) is 2.13. The van der Waals surface area contributed by atoms with Crippen molar-refractivity contribution in [2.45, 2.75) is 5.92 Å². The van der Waals surface area contributed by atoms with Gasteiger partial charge in [0.2, 0.25) is 0 Å². The van der Waals surface area contributed by atoms with E-state index in [0.717, 1.165) is 13.1 Å². The van der Waals surface area contributed by atoms with Crippen LogP contribution >= 0.6 is 0 Å². The summed E-state index contributed by atoms with van der Waals surface area (Å²) in [7, 11) is 0. The van der Waals surface area contributed by atoms with Crippen molar-refractivity contribution in [3.05, 3.63) is 84.4 Å². The van der Waals surface area contributed by atoms with E-state index in [0.29, 0.717) is 5.92 Å². The van der Waals surface area contributed by atoms with E-state index in [1.807, 2.05) is 6.08 Å². The van der Waals surface area contributed by atoms with Gasteiger partial charge in [-0.3, -0.25) is 0 Å². The summed E-state index contributed by atoms with van der Waals surface area (Å²) >= 11 is 0. The minimum Gasteiger partial charge on any atom is -0.312 e. The smallest absolute Gasteiger partial charge is 0.0214 e. The largest absolute Gasteiger partial charge is 0.312 e. The average molecular weight is 237 g/mol. The predicted octanol–water partition coefficient (Wildman–Crippen LogP) is 3.59. The molecule has 0 aromatic heterocycles. The van der Waals surface area contributed by atoms with Crippen LogP contribution in [0.25, 0.3) is 0 Å². The summed E-state index contributed by atoms with van der Waals surface area (Å²) in [6.45, 7) is 5.51. The molecule has 2 aromatic carbocycles. The van der Waals surface area contributed by atoms with Gasteiger partial charge in [-0.25, -0.2) is 0 Å². The molecule has 0 unspecified atom stereocenters. The Bertz CT molecular complexity index is 422. The molecule has 0 aliphatic carbocycles. The van der Waals surface area contributed by atoms with Crippen LogP contribution in [0.2, 0.25) is 0 Å². The molecular weight excluding hydrogens is 218 g/mol. The fraction of sp³-hybridized carbons (Fsp3) is 0.176. The molecule has 0 aliphatic rings. The van der Waals surface area contributed by atoms with Crippen molar-refractivity contribution >= 4 is 0 Å². The Labute approximate surface area is 109 Å². The zero-order valence-electron chi connectivity index (χ0n) is 10.5. The summed E-state index contributed by atoms with van der Waals surface area (Å²) in [6.07, 6.45) is 1.90. The van der Waals surface area contributed by atoms with Crippen molar-refractivity contribution in [3.8, 4) is 0 Å². The summed E-state index contributed by atoms with van der Waals surface area (Å²) in [5, 5.41) is 3.41. The van der Waals surface area contributed by atoms with Gasteiger partial charge in [-0.2, -0.15) is 0 Å². The third kappa shape index (κ3) is 3.31. The summed E-state index contributed by atoms with van der Waals surface area (Å²) < 4.78 is 0. The van der Waals surface area contributed by atoms with Gasteiger partial charge in [-0.05, 0) is 11.1 Å². The zero-order valence-corrected chi connectivity index (χ0v) is 10.5. The minimum absolute atomic E-state index is 0.396. The summed E-state index contributed by atoms with van der Waals surface area (Å²) in [5.41, 5.74) is 2.69. The molecule has 18 heavy (non-hydrogen) atoms. The maximum absolute atomic E-state index is 3.74. The van der Waals surface area contributed by atoms with E-state index in [2.05, 4.69) is 72.6 Å². The van der Waals surface area contributed by atoms with Gasteiger partial charge < -0.3 is 5.32 Å². The van der Waals surface area contributed by atoms with Gasteiger partial charge in [0.25, 0.3) is 0 Å². The molecule has 0 saturated heterocycles. The quantitative estimate of drug-likeness (QED) is 0.598. The van der Waals surface area contributed by atoms with Crippen LogP contribution in [0.1, 0.15) is 17.0 Å².